The van der Waals surface area contributed by atoms with Gasteiger partial charge in [0.1, 0.15) is 0 Å². The van der Waals surface area contributed by atoms with Crippen molar-refractivity contribution in [3.63, 3.8) is 0 Å². The SMILES string of the molecule is COC1(C(O)Cc2nc3ccccc3s2)CCC1. The summed E-state index contributed by atoms with van der Waals surface area (Å²) in [5.41, 5.74) is 0.697. The van der Waals surface area contributed by atoms with Crippen LogP contribution in [0.3, 0.4) is 0 Å². The van der Waals surface area contributed by atoms with E-state index in [1.54, 1.807) is 18.4 Å². The number of ether oxygens (including phenoxy) is 1. The first-order valence-electron chi connectivity index (χ1n) is 6.31. The van der Waals surface area contributed by atoms with Gasteiger partial charge >= 0.3 is 0 Å². The zero-order valence-corrected chi connectivity index (χ0v) is 11.2. The molecule has 1 unspecified atom stereocenters. The van der Waals surface area contributed by atoms with Gasteiger partial charge in [0.15, 0.2) is 0 Å². The molecule has 0 radical (unpaired) electrons. The maximum absolute atomic E-state index is 10.3. The van der Waals surface area contributed by atoms with E-state index in [4.69, 9.17) is 4.74 Å². The number of hydrogen-bond acceptors (Lipinski definition) is 4. The van der Waals surface area contributed by atoms with Crippen molar-refractivity contribution < 1.29 is 9.84 Å². The van der Waals surface area contributed by atoms with E-state index in [0.29, 0.717) is 6.42 Å². The highest BCUT2D eigenvalue weighted by atomic mass is 32.1. The molecule has 0 bridgehead atoms. The first-order valence-corrected chi connectivity index (χ1v) is 7.13. The van der Waals surface area contributed by atoms with E-state index in [1.165, 1.54) is 4.70 Å². The third-order valence-corrected chi connectivity index (χ3v) is 4.98. The fraction of sp³-hybridized carbons (Fsp3) is 0.500. The Labute approximate surface area is 110 Å². The van der Waals surface area contributed by atoms with Crippen LogP contribution < -0.4 is 0 Å². The zero-order chi connectivity index (χ0) is 12.6. The second-order valence-electron chi connectivity index (χ2n) is 4.92. The number of para-hydroxylation sites is 1. The summed E-state index contributed by atoms with van der Waals surface area (Å²) >= 11 is 1.66. The molecule has 18 heavy (non-hydrogen) atoms. The standard InChI is InChI=1S/C14H17NO2S/c1-17-14(7-4-8-14)12(16)9-13-15-10-5-2-3-6-11(10)18-13/h2-3,5-6,12,16H,4,7-9H2,1H3. The van der Waals surface area contributed by atoms with Gasteiger partial charge in [0.25, 0.3) is 0 Å². The predicted octanol–water partition coefficient (Wildman–Crippen LogP) is 2.77. The number of fused-ring (bicyclic) bond motifs is 1. The molecule has 1 aromatic carbocycles. The van der Waals surface area contributed by atoms with E-state index in [2.05, 4.69) is 11.1 Å². The molecule has 3 rings (SSSR count). The van der Waals surface area contributed by atoms with Crippen molar-refractivity contribution in [3.8, 4) is 0 Å². The number of aliphatic hydroxyl groups excluding tert-OH is 1. The monoisotopic (exact) mass is 263 g/mol. The lowest BCUT2D eigenvalue weighted by Gasteiger charge is -2.43. The van der Waals surface area contributed by atoms with Crippen LogP contribution in [0.1, 0.15) is 24.3 Å². The van der Waals surface area contributed by atoms with Gasteiger partial charge in [0.2, 0.25) is 0 Å². The summed E-state index contributed by atoms with van der Waals surface area (Å²) in [6.07, 6.45) is 3.19. The molecule has 1 atom stereocenters. The Morgan fingerprint density at radius 1 is 1.44 bits per heavy atom. The van der Waals surface area contributed by atoms with Crippen LogP contribution >= 0.6 is 11.3 Å². The van der Waals surface area contributed by atoms with Crippen molar-refractivity contribution in [1.29, 1.82) is 0 Å². The molecule has 2 aromatic rings. The summed E-state index contributed by atoms with van der Waals surface area (Å²) in [5.74, 6) is 0. The van der Waals surface area contributed by atoms with E-state index in [1.807, 2.05) is 18.2 Å². The molecule has 1 heterocycles. The lowest BCUT2D eigenvalue weighted by Crippen LogP contribution is -2.50. The fourth-order valence-corrected chi connectivity index (χ4v) is 3.56. The molecule has 96 valence electrons. The van der Waals surface area contributed by atoms with Gasteiger partial charge in [0.05, 0.1) is 26.9 Å². The van der Waals surface area contributed by atoms with Gasteiger partial charge in [0, 0.05) is 13.5 Å². The van der Waals surface area contributed by atoms with Gasteiger partial charge in [-0.1, -0.05) is 12.1 Å². The molecular weight excluding hydrogens is 246 g/mol. The van der Waals surface area contributed by atoms with Crippen molar-refractivity contribution in [2.75, 3.05) is 7.11 Å². The van der Waals surface area contributed by atoms with Crippen LogP contribution in [0.25, 0.3) is 10.2 Å². The Bertz CT molecular complexity index is 509. The molecule has 4 heteroatoms. The van der Waals surface area contributed by atoms with Crippen molar-refractivity contribution in [3.05, 3.63) is 29.3 Å². The number of thiazole rings is 1. The summed E-state index contributed by atoms with van der Waals surface area (Å²) in [7, 11) is 1.70. The number of methoxy groups -OCH3 is 1. The Morgan fingerprint density at radius 3 is 2.83 bits per heavy atom. The molecule has 1 N–H and O–H groups in total. The number of rotatable bonds is 4. The molecule has 0 saturated heterocycles. The molecular formula is C14H17NO2S. The second-order valence-corrected chi connectivity index (χ2v) is 6.03. The number of aromatic nitrogens is 1. The van der Waals surface area contributed by atoms with Gasteiger partial charge in [-0.3, -0.25) is 0 Å². The van der Waals surface area contributed by atoms with Gasteiger partial charge in [-0.2, -0.15) is 0 Å². The van der Waals surface area contributed by atoms with Crippen LogP contribution in [0.4, 0.5) is 0 Å². The quantitative estimate of drug-likeness (QED) is 0.922. The topological polar surface area (TPSA) is 42.4 Å². The molecule has 1 aliphatic carbocycles. The summed E-state index contributed by atoms with van der Waals surface area (Å²) in [6.45, 7) is 0. The number of benzene rings is 1. The minimum atomic E-state index is -0.447. The first kappa shape index (κ1) is 12.1. The maximum Gasteiger partial charge on any atom is 0.0965 e. The van der Waals surface area contributed by atoms with Crippen LogP contribution in [0.15, 0.2) is 24.3 Å². The third-order valence-electron chi connectivity index (χ3n) is 3.92. The second kappa shape index (κ2) is 4.61. The largest absolute Gasteiger partial charge is 0.390 e. The Morgan fingerprint density at radius 2 is 2.22 bits per heavy atom. The average Bonchev–Trinajstić information content (AvgIpc) is 2.70. The van der Waals surface area contributed by atoms with Gasteiger partial charge in [-0.25, -0.2) is 4.98 Å². The van der Waals surface area contributed by atoms with Crippen LogP contribution in [0.5, 0.6) is 0 Å². The van der Waals surface area contributed by atoms with Gasteiger partial charge in [-0.15, -0.1) is 11.3 Å². The number of hydrogen-bond donors (Lipinski definition) is 1. The van der Waals surface area contributed by atoms with E-state index >= 15 is 0 Å². The van der Waals surface area contributed by atoms with Gasteiger partial charge < -0.3 is 9.84 Å². The summed E-state index contributed by atoms with van der Waals surface area (Å²) in [6, 6.07) is 8.09. The van der Waals surface area contributed by atoms with Crippen LogP contribution in [-0.2, 0) is 11.2 Å². The minimum absolute atomic E-state index is 0.322. The summed E-state index contributed by atoms with van der Waals surface area (Å²) < 4.78 is 6.69. The molecule has 0 aliphatic heterocycles. The molecule has 0 spiro atoms. The lowest BCUT2D eigenvalue weighted by molar-refractivity contribution is -0.148. The highest BCUT2D eigenvalue weighted by Crippen LogP contribution is 2.39. The van der Waals surface area contributed by atoms with E-state index in [-0.39, 0.29) is 5.60 Å². The van der Waals surface area contributed by atoms with Crippen LogP contribution in [0, 0.1) is 0 Å². The van der Waals surface area contributed by atoms with Crippen molar-refractivity contribution in [2.24, 2.45) is 0 Å². The average molecular weight is 263 g/mol. The smallest absolute Gasteiger partial charge is 0.0965 e. The first-order chi connectivity index (χ1) is 8.73. The predicted molar refractivity (Wildman–Crippen MR) is 72.9 cm³/mol. The fourth-order valence-electron chi connectivity index (χ4n) is 2.56. The molecule has 0 amide bonds. The summed E-state index contributed by atoms with van der Waals surface area (Å²) in [5, 5.41) is 11.3. The summed E-state index contributed by atoms with van der Waals surface area (Å²) in [4.78, 5) is 4.56. The van der Waals surface area contributed by atoms with E-state index in [0.717, 1.165) is 29.8 Å². The normalized spacial score (nSPS) is 19.7. The van der Waals surface area contributed by atoms with Crippen molar-refractivity contribution in [1.82, 2.24) is 4.98 Å². The van der Waals surface area contributed by atoms with Gasteiger partial charge in [-0.05, 0) is 31.4 Å². The number of nitrogens with zero attached hydrogens (tertiary/aromatic N) is 1. The Hall–Kier alpha value is -0.970. The highest BCUT2D eigenvalue weighted by Gasteiger charge is 2.43. The lowest BCUT2D eigenvalue weighted by atomic mass is 9.75. The van der Waals surface area contributed by atoms with E-state index < -0.39 is 6.10 Å². The third kappa shape index (κ3) is 1.94. The Kier molecular flexibility index (Phi) is 3.09. The molecule has 1 aromatic heterocycles. The van der Waals surface area contributed by atoms with E-state index in [9.17, 15) is 5.11 Å². The highest BCUT2D eigenvalue weighted by molar-refractivity contribution is 7.18. The minimum Gasteiger partial charge on any atom is -0.390 e. The molecule has 1 saturated carbocycles. The molecule has 1 aliphatic rings. The Balaban J connectivity index is 1.79. The number of aliphatic hydroxyl groups is 1. The molecule has 1 fully saturated rings. The maximum atomic E-state index is 10.3. The van der Waals surface area contributed by atoms with Crippen LogP contribution in [-0.4, -0.2) is 28.9 Å². The van der Waals surface area contributed by atoms with Crippen molar-refractivity contribution >= 4 is 21.6 Å². The zero-order valence-electron chi connectivity index (χ0n) is 10.4. The molecule has 3 nitrogen and oxygen atoms in total. The van der Waals surface area contributed by atoms with Crippen molar-refractivity contribution in [2.45, 2.75) is 37.4 Å². The van der Waals surface area contributed by atoms with Crippen LogP contribution in [0.2, 0.25) is 0 Å².